The second-order valence-corrected chi connectivity index (χ2v) is 5.36. The molecule has 0 aromatic carbocycles. The number of nitrogens with two attached hydrogens (primary N) is 1. The van der Waals surface area contributed by atoms with Crippen molar-refractivity contribution in [2.75, 3.05) is 13.1 Å². The van der Waals surface area contributed by atoms with Gasteiger partial charge in [-0.1, -0.05) is 12.1 Å². The smallest absolute Gasteiger partial charge is 0.240 e. The summed E-state index contributed by atoms with van der Waals surface area (Å²) >= 11 is 0. The third-order valence-corrected chi connectivity index (χ3v) is 2.91. The van der Waals surface area contributed by atoms with E-state index in [1.807, 2.05) is 13.8 Å². The molecule has 1 fully saturated rings. The highest BCUT2D eigenvalue weighted by Crippen LogP contribution is 2.18. The molecular formula is C11H20N4O. The molecule has 5 nitrogen and oxygen atoms in total. The van der Waals surface area contributed by atoms with Crippen molar-refractivity contribution < 1.29 is 4.52 Å². The van der Waals surface area contributed by atoms with Crippen LogP contribution in [0.3, 0.4) is 0 Å². The number of nitrogens with zero attached hydrogens (tertiary/aromatic N) is 3. The molecule has 2 rings (SSSR count). The minimum atomic E-state index is -0.528. The molecule has 0 bridgehead atoms. The summed E-state index contributed by atoms with van der Waals surface area (Å²) in [6, 6.07) is 0. The average molecular weight is 224 g/mol. The van der Waals surface area contributed by atoms with Crippen LogP contribution in [0.2, 0.25) is 0 Å². The van der Waals surface area contributed by atoms with Crippen LogP contribution in [0.25, 0.3) is 0 Å². The monoisotopic (exact) mass is 224 g/mol. The fourth-order valence-corrected chi connectivity index (χ4v) is 1.94. The number of likely N-dealkylation sites (tertiary alicyclic amines) is 1. The lowest BCUT2D eigenvalue weighted by molar-refractivity contribution is 0.260. The molecule has 1 aliphatic heterocycles. The molecular weight excluding hydrogens is 204 g/mol. The van der Waals surface area contributed by atoms with Gasteiger partial charge >= 0.3 is 0 Å². The van der Waals surface area contributed by atoms with E-state index in [1.165, 1.54) is 6.42 Å². The van der Waals surface area contributed by atoms with Gasteiger partial charge in [0, 0.05) is 6.54 Å². The van der Waals surface area contributed by atoms with Crippen LogP contribution in [0.5, 0.6) is 0 Å². The van der Waals surface area contributed by atoms with Gasteiger partial charge in [0.25, 0.3) is 0 Å². The highest BCUT2D eigenvalue weighted by atomic mass is 16.5. The Morgan fingerprint density at radius 2 is 2.31 bits per heavy atom. The van der Waals surface area contributed by atoms with E-state index < -0.39 is 5.54 Å². The van der Waals surface area contributed by atoms with Crippen LogP contribution >= 0.6 is 0 Å². The maximum absolute atomic E-state index is 5.90. The first-order chi connectivity index (χ1) is 7.45. The Morgan fingerprint density at radius 1 is 1.56 bits per heavy atom. The van der Waals surface area contributed by atoms with Crippen molar-refractivity contribution in [3.05, 3.63) is 11.7 Å². The van der Waals surface area contributed by atoms with Crippen molar-refractivity contribution in [3.63, 3.8) is 0 Å². The molecule has 0 amide bonds. The molecule has 2 N–H and O–H groups in total. The average Bonchev–Trinajstić information content (AvgIpc) is 2.74. The molecule has 1 aromatic rings. The Morgan fingerprint density at radius 3 is 2.81 bits per heavy atom. The van der Waals surface area contributed by atoms with Crippen molar-refractivity contribution in [1.82, 2.24) is 15.0 Å². The van der Waals surface area contributed by atoms with Crippen LogP contribution in [0.4, 0.5) is 0 Å². The van der Waals surface area contributed by atoms with Crippen molar-refractivity contribution in [2.24, 2.45) is 11.7 Å². The Labute approximate surface area is 96.0 Å². The highest BCUT2D eigenvalue weighted by molar-refractivity contribution is 4.99. The zero-order valence-corrected chi connectivity index (χ0v) is 10.2. The lowest BCUT2D eigenvalue weighted by Gasteiger charge is -2.12. The van der Waals surface area contributed by atoms with Gasteiger partial charge in [-0.25, -0.2) is 0 Å². The van der Waals surface area contributed by atoms with Crippen molar-refractivity contribution in [2.45, 2.75) is 39.3 Å². The molecule has 0 aliphatic carbocycles. The van der Waals surface area contributed by atoms with Gasteiger partial charge in [-0.05, 0) is 32.7 Å². The quantitative estimate of drug-likeness (QED) is 0.832. The summed E-state index contributed by atoms with van der Waals surface area (Å²) in [5, 5.41) is 3.91. The van der Waals surface area contributed by atoms with E-state index in [9.17, 15) is 0 Å². The summed E-state index contributed by atoms with van der Waals surface area (Å²) in [5.74, 6) is 2.02. The summed E-state index contributed by atoms with van der Waals surface area (Å²) in [6.45, 7) is 8.99. The summed E-state index contributed by atoms with van der Waals surface area (Å²) in [5.41, 5.74) is 5.37. The van der Waals surface area contributed by atoms with Crippen molar-refractivity contribution in [3.8, 4) is 0 Å². The minimum Gasteiger partial charge on any atom is -0.338 e. The highest BCUT2D eigenvalue weighted by Gasteiger charge is 2.24. The van der Waals surface area contributed by atoms with Gasteiger partial charge in [-0.15, -0.1) is 0 Å². The first-order valence-electron chi connectivity index (χ1n) is 5.79. The van der Waals surface area contributed by atoms with E-state index in [0.717, 1.165) is 25.6 Å². The second kappa shape index (κ2) is 4.14. The van der Waals surface area contributed by atoms with Gasteiger partial charge in [0.15, 0.2) is 5.82 Å². The Kier molecular flexibility index (Phi) is 2.99. The molecule has 16 heavy (non-hydrogen) atoms. The van der Waals surface area contributed by atoms with Gasteiger partial charge in [-0.2, -0.15) is 4.98 Å². The van der Waals surface area contributed by atoms with Crippen molar-refractivity contribution in [1.29, 1.82) is 0 Å². The van der Waals surface area contributed by atoms with Crippen LogP contribution < -0.4 is 5.73 Å². The molecule has 1 aliphatic rings. The number of hydrogen-bond donors (Lipinski definition) is 1. The van der Waals surface area contributed by atoms with E-state index >= 15 is 0 Å². The summed E-state index contributed by atoms with van der Waals surface area (Å²) < 4.78 is 5.21. The standard InChI is InChI=1S/C11H20N4O/c1-8-4-5-15(6-8)7-9-13-10(14-16-9)11(2,3)12/h8H,4-7,12H2,1-3H3. The van der Waals surface area contributed by atoms with Crippen LogP contribution in [-0.4, -0.2) is 28.1 Å². The fraction of sp³-hybridized carbons (Fsp3) is 0.818. The van der Waals surface area contributed by atoms with Crippen LogP contribution in [0.15, 0.2) is 4.52 Å². The SMILES string of the molecule is CC1CCN(Cc2nc(C(C)(C)N)no2)C1. The van der Waals surface area contributed by atoms with E-state index in [4.69, 9.17) is 10.3 Å². The maximum Gasteiger partial charge on any atom is 0.240 e. The normalized spacial score (nSPS) is 22.9. The molecule has 5 heteroatoms. The minimum absolute atomic E-state index is 0.528. The van der Waals surface area contributed by atoms with Gasteiger partial charge in [0.1, 0.15) is 0 Å². The first kappa shape index (κ1) is 11.5. The molecule has 2 heterocycles. The Bertz CT molecular complexity index is 355. The molecule has 1 unspecified atom stereocenters. The molecule has 0 spiro atoms. The van der Waals surface area contributed by atoms with E-state index in [2.05, 4.69) is 22.0 Å². The van der Waals surface area contributed by atoms with Gasteiger partial charge in [0.2, 0.25) is 5.89 Å². The topological polar surface area (TPSA) is 68.2 Å². The van der Waals surface area contributed by atoms with Gasteiger partial charge in [0.05, 0.1) is 12.1 Å². The first-order valence-corrected chi connectivity index (χ1v) is 5.79. The zero-order valence-electron chi connectivity index (χ0n) is 10.2. The fourth-order valence-electron chi connectivity index (χ4n) is 1.94. The largest absolute Gasteiger partial charge is 0.338 e. The number of rotatable bonds is 3. The molecule has 1 atom stereocenters. The molecule has 1 aromatic heterocycles. The summed E-state index contributed by atoms with van der Waals surface area (Å²) in [4.78, 5) is 6.66. The van der Waals surface area contributed by atoms with Crippen LogP contribution in [0, 0.1) is 5.92 Å². The summed E-state index contributed by atoms with van der Waals surface area (Å²) in [6.07, 6.45) is 1.25. The van der Waals surface area contributed by atoms with Crippen LogP contribution in [0.1, 0.15) is 38.9 Å². The van der Waals surface area contributed by atoms with Gasteiger partial charge in [-0.3, -0.25) is 4.90 Å². The Balaban J connectivity index is 1.98. The molecule has 0 saturated carbocycles. The molecule has 0 radical (unpaired) electrons. The Hall–Kier alpha value is -0.940. The van der Waals surface area contributed by atoms with E-state index in [1.54, 1.807) is 0 Å². The third kappa shape index (κ3) is 2.59. The predicted molar refractivity (Wildman–Crippen MR) is 60.6 cm³/mol. The zero-order chi connectivity index (χ0) is 11.8. The van der Waals surface area contributed by atoms with Gasteiger partial charge < -0.3 is 10.3 Å². The van der Waals surface area contributed by atoms with E-state index in [-0.39, 0.29) is 0 Å². The second-order valence-electron chi connectivity index (χ2n) is 5.36. The summed E-state index contributed by atoms with van der Waals surface area (Å²) in [7, 11) is 0. The molecule has 90 valence electrons. The molecule has 1 saturated heterocycles. The number of hydrogen-bond acceptors (Lipinski definition) is 5. The predicted octanol–water partition coefficient (Wildman–Crippen LogP) is 1.11. The lowest BCUT2D eigenvalue weighted by atomic mass is 10.1. The number of aromatic nitrogens is 2. The van der Waals surface area contributed by atoms with Crippen LogP contribution in [-0.2, 0) is 12.1 Å². The lowest BCUT2D eigenvalue weighted by Crippen LogP contribution is -2.30. The van der Waals surface area contributed by atoms with Crippen molar-refractivity contribution >= 4 is 0 Å². The third-order valence-electron chi connectivity index (χ3n) is 2.91. The maximum atomic E-state index is 5.90. The van der Waals surface area contributed by atoms with E-state index in [0.29, 0.717) is 11.7 Å².